The first-order chi connectivity index (χ1) is 6.04. The second-order valence-electron chi connectivity index (χ2n) is 2.05. The van der Waals surface area contributed by atoms with E-state index >= 15 is 0 Å². The first-order valence-electron chi connectivity index (χ1n) is 3.14. The Hall–Kier alpha value is 0.390. The summed E-state index contributed by atoms with van der Waals surface area (Å²) in [5.41, 5.74) is 0. The molecule has 76 valence electrons. The molecular weight excluding hydrogens is 415 g/mol. The molecule has 0 saturated carbocycles. The summed E-state index contributed by atoms with van der Waals surface area (Å²) in [5.74, 6) is -1.11. The zero-order valence-electron chi connectivity index (χ0n) is 6.11. The Bertz CT molecular complexity index is 275. The van der Waals surface area contributed by atoms with Gasteiger partial charge in [0.1, 0.15) is 0 Å². The van der Waals surface area contributed by atoms with Gasteiger partial charge in [-0.1, -0.05) is 0 Å². The number of aromatic nitrogens is 2. The van der Waals surface area contributed by atoms with Gasteiger partial charge in [-0.25, -0.2) is 0 Å². The molecule has 0 amide bonds. The minimum atomic E-state index is -4.52. The third-order valence-corrected chi connectivity index (χ3v) is 4.78. The molecule has 3 nitrogen and oxygen atoms in total. The Morgan fingerprint density at radius 1 is 1.46 bits per heavy atom. The van der Waals surface area contributed by atoms with Crippen LogP contribution in [0.2, 0.25) is 0 Å². The Morgan fingerprint density at radius 2 is 2.15 bits per heavy atom. The van der Waals surface area contributed by atoms with Crippen LogP contribution in [-0.2, 0) is 12.6 Å². The molecule has 1 rings (SSSR count). The van der Waals surface area contributed by atoms with Crippen LogP contribution < -0.4 is 17.2 Å². The monoisotopic (exact) mass is 419 g/mol. The number of rotatable bonds is 3. The molecule has 0 unspecified atom stereocenters. The van der Waals surface area contributed by atoms with Gasteiger partial charge in [-0.3, -0.25) is 0 Å². The fourth-order valence-corrected chi connectivity index (χ4v) is 2.64. The van der Waals surface area contributed by atoms with Crippen molar-refractivity contribution in [3.05, 3.63) is 11.7 Å². The summed E-state index contributed by atoms with van der Waals surface area (Å²) >= 11 is 2.27. The molecule has 13 heavy (non-hydrogen) atoms. The van der Waals surface area contributed by atoms with E-state index in [0.29, 0.717) is 6.42 Å². The van der Waals surface area contributed by atoms with E-state index in [9.17, 15) is 13.2 Å². The average Bonchev–Trinajstić information content (AvgIpc) is 2.47. The zero-order chi connectivity index (χ0) is 9.90. The summed E-state index contributed by atoms with van der Waals surface area (Å²) in [7, 11) is 0. The molecule has 0 radical (unpaired) electrons. The van der Waals surface area contributed by atoms with Crippen LogP contribution in [0.1, 0.15) is 11.7 Å². The molecule has 0 aliphatic rings. The van der Waals surface area contributed by atoms with Gasteiger partial charge in [0.05, 0.1) is 0 Å². The van der Waals surface area contributed by atoms with Gasteiger partial charge in [-0.05, 0) is 0 Å². The molecule has 1 aromatic rings. The molecular formula is C5H4F3I2N2O-. The van der Waals surface area contributed by atoms with Crippen LogP contribution in [0.15, 0.2) is 4.52 Å². The van der Waals surface area contributed by atoms with Gasteiger partial charge in [0.2, 0.25) is 0 Å². The van der Waals surface area contributed by atoms with Crippen molar-refractivity contribution >= 4 is 18.6 Å². The van der Waals surface area contributed by atoms with Crippen LogP contribution in [0.4, 0.5) is 13.2 Å². The Kier molecular flexibility index (Phi) is 4.19. The van der Waals surface area contributed by atoms with E-state index in [1.165, 1.54) is 0 Å². The quantitative estimate of drug-likeness (QED) is 0.470. The Balaban J connectivity index is 2.64. The summed E-state index contributed by atoms with van der Waals surface area (Å²) in [4.78, 5) is 3.23. The molecule has 0 N–H and O–H groups in total. The van der Waals surface area contributed by atoms with Gasteiger partial charge in [0, 0.05) is 0 Å². The first kappa shape index (κ1) is 11.5. The molecule has 0 fully saturated rings. The van der Waals surface area contributed by atoms with E-state index in [1.807, 2.05) is 0 Å². The molecule has 0 atom stereocenters. The van der Waals surface area contributed by atoms with Crippen LogP contribution >= 0.6 is 18.6 Å². The number of hydrogen-bond acceptors (Lipinski definition) is 3. The second kappa shape index (κ2) is 4.75. The third-order valence-electron chi connectivity index (χ3n) is 1.10. The van der Waals surface area contributed by atoms with Crippen molar-refractivity contribution in [2.75, 3.05) is 4.43 Å². The first-order valence-corrected chi connectivity index (χ1v) is 10.9. The van der Waals surface area contributed by atoms with Crippen molar-refractivity contribution in [3.63, 3.8) is 0 Å². The minimum absolute atomic E-state index is 0.0292. The molecule has 1 heterocycles. The molecule has 0 aromatic carbocycles. The normalized spacial score (nSPS) is 12.3. The number of nitrogens with zero attached hydrogens (tertiary/aromatic N) is 2. The number of alkyl halides is 4. The average molecular weight is 419 g/mol. The van der Waals surface area contributed by atoms with Crippen molar-refractivity contribution < 1.29 is 34.9 Å². The van der Waals surface area contributed by atoms with Crippen molar-refractivity contribution in [2.24, 2.45) is 0 Å². The van der Waals surface area contributed by atoms with Crippen molar-refractivity contribution in [3.8, 4) is 0 Å². The van der Waals surface area contributed by atoms with Crippen LogP contribution in [0.5, 0.6) is 0 Å². The van der Waals surface area contributed by atoms with Gasteiger partial charge in [-0.15, -0.1) is 0 Å². The Morgan fingerprint density at radius 3 is 2.62 bits per heavy atom. The summed E-state index contributed by atoms with van der Waals surface area (Å²) < 4.78 is 40.7. The van der Waals surface area contributed by atoms with Gasteiger partial charge in [0.25, 0.3) is 0 Å². The van der Waals surface area contributed by atoms with Crippen LogP contribution in [0.25, 0.3) is 0 Å². The van der Waals surface area contributed by atoms with Crippen molar-refractivity contribution in [1.82, 2.24) is 10.1 Å². The molecule has 0 bridgehead atoms. The van der Waals surface area contributed by atoms with Crippen LogP contribution in [0.3, 0.4) is 0 Å². The molecule has 0 aliphatic heterocycles. The standard InChI is InChI=1S/C5H4F3I2N2O/c6-5(7,8)4-11-3(12-13-4)1-2-10-9/h1-2H2/q-1. The second-order valence-corrected chi connectivity index (χ2v) is 7.58. The van der Waals surface area contributed by atoms with E-state index in [0.717, 1.165) is 4.43 Å². The predicted molar refractivity (Wildman–Crippen MR) is 41.9 cm³/mol. The van der Waals surface area contributed by atoms with Gasteiger partial charge < -0.3 is 0 Å². The van der Waals surface area contributed by atoms with Gasteiger partial charge in [0.15, 0.2) is 0 Å². The summed E-state index contributed by atoms with van der Waals surface area (Å²) in [6, 6.07) is 0. The fourth-order valence-electron chi connectivity index (χ4n) is 0.591. The van der Waals surface area contributed by atoms with E-state index in [1.54, 1.807) is 0 Å². The topological polar surface area (TPSA) is 38.9 Å². The van der Waals surface area contributed by atoms with E-state index < -0.39 is 12.1 Å². The molecule has 0 saturated heterocycles. The van der Waals surface area contributed by atoms with E-state index in [-0.39, 0.29) is 23.1 Å². The van der Waals surface area contributed by atoms with Crippen molar-refractivity contribution in [1.29, 1.82) is 0 Å². The van der Waals surface area contributed by atoms with E-state index in [4.69, 9.17) is 0 Å². The number of hydrogen-bond donors (Lipinski definition) is 0. The van der Waals surface area contributed by atoms with E-state index in [2.05, 4.69) is 33.3 Å². The molecule has 0 spiro atoms. The molecule has 8 heteroatoms. The summed E-state index contributed by atoms with van der Waals surface area (Å²) in [5, 5.41) is 3.23. The molecule has 1 aromatic heterocycles. The van der Waals surface area contributed by atoms with Gasteiger partial charge in [-0.2, -0.15) is 0 Å². The Labute approximate surface area is 91.9 Å². The number of aryl methyl sites for hydroxylation is 1. The molecule has 0 aliphatic carbocycles. The third kappa shape index (κ3) is 3.56. The van der Waals surface area contributed by atoms with Crippen molar-refractivity contribution in [2.45, 2.75) is 12.6 Å². The van der Waals surface area contributed by atoms with Crippen LogP contribution in [-0.4, -0.2) is 14.6 Å². The SMILES string of the molecule is FC(F)(F)c1nc(CC[I-]I)no1. The fraction of sp³-hybridized carbons (Fsp3) is 0.600. The number of halogens is 5. The summed E-state index contributed by atoms with van der Waals surface area (Å²) in [6.07, 6.45) is -4.06. The van der Waals surface area contributed by atoms with Crippen LogP contribution in [0, 0.1) is 0 Å². The summed E-state index contributed by atoms with van der Waals surface area (Å²) in [6.45, 7) is 0. The maximum absolute atomic E-state index is 11.9. The zero-order valence-corrected chi connectivity index (χ0v) is 10.4. The van der Waals surface area contributed by atoms with Gasteiger partial charge >= 0.3 is 92.4 Å². The predicted octanol–water partition coefficient (Wildman–Crippen LogP) is -0.930. The maximum atomic E-state index is 11.9.